The van der Waals surface area contributed by atoms with Crippen LogP contribution in [0.2, 0.25) is 33.2 Å². The first-order valence-electron chi connectivity index (χ1n) is 13.0. The summed E-state index contributed by atoms with van der Waals surface area (Å²) in [4.78, 5) is 27.9. The number of ketones is 2. The van der Waals surface area contributed by atoms with E-state index in [2.05, 4.69) is 95.2 Å². The van der Waals surface area contributed by atoms with Gasteiger partial charge in [-0.15, -0.1) is 22.7 Å². The van der Waals surface area contributed by atoms with E-state index in [1.54, 1.807) is 22.7 Å². The summed E-state index contributed by atoms with van der Waals surface area (Å²) >= 11 is 3.18. The predicted octanol–water partition coefficient (Wildman–Crippen LogP) is 8.65. The molecule has 34 heavy (non-hydrogen) atoms. The highest BCUT2D eigenvalue weighted by Crippen LogP contribution is 2.43. The Kier molecular flexibility index (Phi) is 9.56. The van der Waals surface area contributed by atoms with Crippen LogP contribution in [0.15, 0.2) is 24.3 Å². The Bertz CT molecular complexity index is 872. The van der Waals surface area contributed by atoms with Crippen molar-refractivity contribution < 1.29 is 9.59 Å². The largest absolute Gasteiger partial charge is 0.284 e. The van der Waals surface area contributed by atoms with Crippen molar-refractivity contribution in [1.82, 2.24) is 0 Å². The normalized spacial score (nSPS) is 13.4. The zero-order valence-electron chi connectivity index (χ0n) is 23.4. The molecule has 0 amide bonds. The second-order valence-electron chi connectivity index (χ2n) is 11.8. The summed E-state index contributed by atoms with van der Waals surface area (Å²) in [5, 5.41) is 0. The van der Waals surface area contributed by atoms with Crippen LogP contribution in [0.5, 0.6) is 0 Å². The van der Waals surface area contributed by atoms with Crippen LogP contribution in [0, 0.1) is 0 Å². The summed E-state index contributed by atoms with van der Waals surface area (Å²) < 4.78 is 2.72. The molecule has 0 aromatic carbocycles. The molecule has 0 fully saturated rings. The SMILES string of the molecule is CC(C)[Si](c1ccc(C(=O)C(=O)c2ccc([Si](C(C)C)(C(C)C)C(C)C)s2)s1)(C(C)C)C(C)C. The molecule has 0 aliphatic carbocycles. The molecule has 0 saturated heterocycles. The predicted molar refractivity (Wildman–Crippen MR) is 159 cm³/mol. The van der Waals surface area contributed by atoms with Gasteiger partial charge >= 0.3 is 0 Å². The van der Waals surface area contributed by atoms with Gasteiger partial charge in [0.2, 0.25) is 11.6 Å². The highest BCUT2D eigenvalue weighted by atomic mass is 32.1. The molecular formula is C28H46O2S2Si2. The second-order valence-corrected chi connectivity index (χ2v) is 26.4. The second kappa shape index (κ2) is 11.1. The lowest BCUT2D eigenvalue weighted by Crippen LogP contribution is -2.54. The molecule has 2 aromatic rings. The third-order valence-corrected chi connectivity index (χ3v) is 26.5. The van der Waals surface area contributed by atoms with Crippen LogP contribution in [0.3, 0.4) is 0 Å². The number of hydrogen-bond donors (Lipinski definition) is 0. The molecule has 190 valence electrons. The molecule has 2 rings (SSSR count). The summed E-state index contributed by atoms with van der Waals surface area (Å²) in [6.45, 7) is 28.0. The van der Waals surface area contributed by atoms with E-state index >= 15 is 0 Å². The topological polar surface area (TPSA) is 34.1 Å². The molecule has 0 aliphatic rings. The first-order valence-corrected chi connectivity index (χ1v) is 19.1. The van der Waals surface area contributed by atoms with Crippen LogP contribution in [-0.2, 0) is 0 Å². The number of thiophene rings is 2. The Morgan fingerprint density at radius 3 is 0.941 bits per heavy atom. The highest BCUT2D eigenvalue weighted by Gasteiger charge is 2.47. The average Bonchev–Trinajstić information content (AvgIpc) is 3.36. The molecule has 0 N–H and O–H groups in total. The fourth-order valence-electron chi connectivity index (χ4n) is 7.32. The van der Waals surface area contributed by atoms with E-state index in [1.165, 1.54) is 9.00 Å². The molecule has 0 bridgehead atoms. The number of carbonyl (C=O) groups excluding carboxylic acids is 2. The van der Waals surface area contributed by atoms with Crippen molar-refractivity contribution in [3.05, 3.63) is 34.0 Å². The van der Waals surface area contributed by atoms with Gasteiger partial charge in [0.15, 0.2) is 0 Å². The van der Waals surface area contributed by atoms with E-state index in [0.29, 0.717) is 43.0 Å². The van der Waals surface area contributed by atoms with Gasteiger partial charge in [-0.1, -0.05) is 95.2 Å². The van der Waals surface area contributed by atoms with Gasteiger partial charge in [-0.25, -0.2) is 0 Å². The van der Waals surface area contributed by atoms with Crippen molar-refractivity contribution in [2.24, 2.45) is 0 Å². The molecule has 0 saturated carbocycles. The standard InChI is InChI=1S/C28H46O2S2Si2/c1-17(2)33(18(3)4,19(5)6)25-15-13-23(31-25)27(29)28(30)24-14-16-26(32-24)34(20(7)8,21(9)10)22(11)12/h13-22H,1-12H3. The molecule has 0 atom stereocenters. The zero-order valence-corrected chi connectivity index (χ0v) is 27.0. The molecule has 0 spiro atoms. The van der Waals surface area contributed by atoms with Gasteiger partial charge in [0.05, 0.1) is 9.75 Å². The van der Waals surface area contributed by atoms with E-state index in [9.17, 15) is 9.59 Å². The van der Waals surface area contributed by atoms with Crippen molar-refractivity contribution >= 4 is 59.4 Å². The number of rotatable bonds is 11. The summed E-state index contributed by atoms with van der Waals surface area (Å²) in [6.07, 6.45) is 0. The maximum absolute atomic E-state index is 13.3. The van der Waals surface area contributed by atoms with E-state index in [0.717, 1.165) is 0 Å². The Hall–Kier alpha value is -0.826. The van der Waals surface area contributed by atoms with Crippen LogP contribution < -0.4 is 9.00 Å². The van der Waals surface area contributed by atoms with Crippen LogP contribution in [0.4, 0.5) is 0 Å². The minimum Gasteiger partial charge on any atom is -0.284 e. The average molecular weight is 535 g/mol. The fourth-order valence-corrected chi connectivity index (χ4v) is 27.2. The first-order chi connectivity index (χ1) is 15.7. The lowest BCUT2D eigenvalue weighted by molar-refractivity contribution is 0.0821. The minimum atomic E-state index is -1.84. The van der Waals surface area contributed by atoms with Crippen molar-refractivity contribution in [2.45, 2.75) is 116 Å². The molecular weight excluding hydrogens is 489 g/mol. The lowest BCUT2D eigenvalue weighted by Gasteiger charge is -2.42. The quantitative estimate of drug-likeness (QED) is 0.164. The van der Waals surface area contributed by atoms with E-state index in [4.69, 9.17) is 0 Å². The molecule has 2 nitrogen and oxygen atoms in total. The van der Waals surface area contributed by atoms with Crippen molar-refractivity contribution in [3.8, 4) is 0 Å². The van der Waals surface area contributed by atoms with Gasteiger partial charge in [-0.3, -0.25) is 9.59 Å². The Labute approximate surface area is 218 Å². The summed E-state index contributed by atoms with van der Waals surface area (Å²) in [5.41, 5.74) is 3.45. The number of Topliss-reactive ketones (excluding diaryl/α,β-unsaturated/α-hetero) is 2. The van der Waals surface area contributed by atoms with Gasteiger partial charge in [-0.2, -0.15) is 0 Å². The van der Waals surface area contributed by atoms with Crippen molar-refractivity contribution in [1.29, 1.82) is 0 Å². The third-order valence-electron chi connectivity index (χ3n) is 8.45. The first kappa shape index (κ1) is 29.4. The Morgan fingerprint density at radius 1 is 0.500 bits per heavy atom. The molecule has 2 heterocycles. The lowest BCUT2D eigenvalue weighted by atomic mass is 10.2. The summed E-state index contributed by atoms with van der Waals surface area (Å²) in [7, 11) is -3.68. The fraction of sp³-hybridized carbons (Fsp3) is 0.643. The smallest absolute Gasteiger partial charge is 0.244 e. The minimum absolute atomic E-state index is 0.338. The number of hydrogen-bond acceptors (Lipinski definition) is 4. The summed E-state index contributed by atoms with van der Waals surface area (Å²) in [6, 6.07) is 8.15. The monoisotopic (exact) mass is 534 g/mol. The van der Waals surface area contributed by atoms with Crippen molar-refractivity contribution in [2.75, 3.05) is 0 Å². The van der Waals surface area contributed by atoms with Crippen LogP contribution in [0.1, 0.15) is 102 Å². The van der Waals surface area contributed by atoms with Gasteiger partial charge in [0.25, 0.3) is 0 Å². The van der Waals surface area contributed by atoms with Crippen LogP contribution >= 0.6 is 22.7 Å². The maximum atomic E-state index is 13.3. The molecule has 6 heteroatoms. The zero-order chi connectivity index (χ0) is 26.2. The van der Waals surface area contributed by atoms with Gasteiger partial charge < -0.3 is 0 Å². The number of carbonyl (C=O) groups is 2. The van der Waals surface area contributed by atoms with E-state index < -0.39 is 16.1 Å². The maximum Gasteiger partial charge on any atom is 0.244 e. The molecule has 0 aliphatic heterocycles. The Morgan fingerprint density at radius 2 is 0.735 bits per heavy atom. The molecule has 0 radical (unpaired) electrons. The molecule has 2 aromatic heterocycles. The van der Waals surface area contributed by atoms with E-state index in [-0.39, 0.29) is 11.6 Å². The van der Waals surface area contributed by atoms with Gasteiger partial charge in [0.1, 0.15) is 16.1 Å². The Balaban J connectivity index is 2.45. The van der Waals surface area contributed by atoms with Gasteiger partial charge in [-0.05, 0) is 54.4 Å². The summed E-state index contributed by atoms with van der Waals surface area (Å²) in [5.74, 6) is -0.676. The third kappa shape index (κ3) is 4.77. The van der Waals surface area contributed by atoms with Crippen LogP contribution in [-0.4, -0.2) is 27.7 Å². The molecule has 0 unspecified atom stereocenters. The van der Waals surface area contributed by atoms with Gasteiger partial charge in [0, 0.05) is 0 Å². The highest BCUT2D eigenvalue weighted by molar-refractivity contribution is 7.31. The van der Waals surface area contributed by atoms with E-state index in [1.807, 2.05) is 12.1 Å². The van der Waals surface area contributed by atoms with Crippen LogP contribution in [0.25, 0.3) is 0 Å². The van der Waals surface area contributed by atoms with Crippen molar-refractivity contribution in [3.63, 3.8) is 0 Å².